The number of carbonyl (C=O) groups is 4. The zero-order valence-electron chi connectivity index (χ0n) is 15.6. The highest BCUT2D eigenvalue weighted by molar-refractivity contribution is 5.82. The Balaban J connectivity index is 0.000000758. The van der Waals surface area contributed by atoms with Crippen LogP contribution in [0.15, 0.2) is 30.3 Å². The summed E-state index contributed by atoms with van der Waals surface area (Å²) >= 11 is 0. The summed E-state index contributed by atoms with van der Waals surface area (Å²) in [6.45, 7) is 7.53. The molecule has 8 heteroatoms. The second-order valence-corrected chi connectivity index (χ2v) is 6.31. The van der Waals surface area contributed by atoms with Crippen molar-refractivity contribution in [2.75, 3.05) is 0 Å². The Morgan fingerprint density at radius 2 is 1.54 bits per heavy atom. The van der Waals surface area contributed by atoms with Crippen LogP contribution in [0.3, 0.4) is 0 Å². The van der Waals surface area contributed by atoms with Crippen molar-refractivity contribution in [3.8, 4) is 0 Å². The molecular weight excluding hydrogens is 342 g/mol. The van der Waals surface area contributed by atoms with E-state index in [4.69, 9.17) is 9.84 Å². The predicted molar refractivity (Wildman–Crippen MR) is 93.4 cm³/mol. The van der Waals surface area contributed by atoms with Crippen LogP contribution in [0.2, 0.25) is 0 Å². The molecule has 0 saturated heterocycles. The van der Waals surface area contributed by atoms with Crippen LogP contribution in [-0.4, -0.2) is 40.8 Å². The highest BCUT2D eigenvalue weighted by Crippen LogP contribution is 2.08. The quantitative estimate of drug-likeness (QED) is 0.619. The molecule has 0 aliphatic carbocycles. The van der Waals surface area contributed by atoms with E-state index in [0.717, 1.165) is 5.56 Å². The van der Waals surface area contributed by atoms with E-state index in [2.05, 4.69) is 10.1 Å². The van der Waals surface area contributed by atoms with Crippen molar-refractivity contribution in [3.05, 3.63) is 35.9 Å². The van der Waals surface area contributed by atoms with Gasteiger partial charge < -0.3 is 19.9 Å². The van der Waals surface area contributed by atoms with Crippen LogP contribution in [0.25, 0.3) is 0 Å². The summed E-state index contributed by atoms with van der Waals surface area (Å²) in [4.78, 5) is 42.3. The van der Waals surface area contributed by atoms with Crippen molar-refractivity contribution in [2.45, 2.75) is 52.7 Å². The number of ether oxygens (including phenoxy) is 2. The van der Waals surface area contributed by atoms with Crippen LogP contribution >= 0.6 is 0 Å². The van der Waals surface area contributed by atoms with Crippen LogP contribution in [-0.2, 0) is 30.3 Å². The molecule has 0 fully saturated rings. The van der Waals surface area contributed by atoms with Crippen molar-refractivity contribution in [1.29, 1.82) is 0 Å². The van der Waals surface area contributed by atoms with Crippen LogP contribution in [0.1, 0.15) is 40.2 Å². The molecule has 0 radical (unpaired) electrons. The second-order valence-electron chi connectivity index (χ2n) is 6.31. The first-order chi connectivity index (χ1) is 11.9. The maximum Gasteiger partial charge on any atom is 0.408 e. The topological polar surface area (TPSA) is 119 Å². The fraction of sp³-hybridized carbons (Fsp3) is 0.444. The number of benzene rings is 1. The Hall–Kier alpha value is -2.90. The minimum atomic E-state index is -1.09. The van der Waals surface area contributed by atoms with Gasteiger partial charge in [-0.3, -0.25) is 9.59 Å². The zero-order valence-corrected chi connectivity index (χ0v) is 15.6. The number of hydrogen-bond donors (Lipinski definition) is 2. The number of carbonyl (C=O) groups excluding carboxylic acids is 3. The normalized spacial score (nSPS) is 11.3. The Morgan fingerprint density at radius 1 is 1.04 bits per heavy atom. The van der Waals surface area contributed by atoms with Gasteiger partial charge in [-0.15, -0.1) is 0 Å². The lowest BCUT2D eigenvalue weighted by Gasteiger charge is -2.22. The van der Waals surface area contributed by atoms with Crippen LogP contribution < -0.4 is 5.32 Å². The van der Waals surface area contributed by atoms with Gasteiger partial charge in [-0.1, -0.05) is 30.3 Å². The summed E-state index contributed by atoms with van der Waals surface area (Å²) in [5.74, 6) is -2.21. The van der Waals surface area contributed by atoms with E-state index in [9.17, 15) is 19.2 Å². The van der Waals surface area contributed by atoms with E-state index >= 15 is 0 Å². The van der Waals surface area contributed by atoms with Crippen molar-refractivity contribution in [3.63, 3.8) is 0 Å². The molecule has 26 heavy (non-hydrogen) atoms. The number of alkyl carbamates (subject to hydrolysis) is 1. The van der Waals surface area contributed by atoms with Crippen molar-refractivity contribution in [2.24, 2.45) is 0 Å². The van der Waals surface area contributed by atoms with Crippen LogP contribution in [0.4, 0.5) is 4.79 Å². The fourth-order valence-electron chi connectivity index (χ4n) is 1.70. The average Bonchev–Trinajstić information content (AvgIpc) is 2.44. The minimum Gasteiger partial charge on any atom is -0.480 e. The number of esters is 2. The molecule has 0 unspecified atom stereocenters. The summed E-state index contributed by atoms with van der Waals surface area (Å²) in [6, 6.07) is 8.11. The Morgan fingerprint density at radius 3 is 1.88 bits per heavy atom. The van der Waals surface area contributed by atoms with Crippen molar-refractivity contribution in [1.82, 2.24) is 5.32 Å². The number of amides is 1. The largest absolute Gasteiger partial charge is 0.480 e. The molecule has 0 spiro atoms. The zero-order chi connectivity index (χ0) is 20.3. The van der Waals surface area contributed by atoms with Gasteiger partial charge in [0.25, 0.3) is 0 Å². The molecule has 0 aliphatic rings. The molecule has 0 aliphatic heterocycles. The average molecular weight is 367 g/mol. The third-order valence-corrected chi connectivity index (χ3v) is 2.56. The van der Waals surface area contributed by atoms with Crippen molar-refractivity contribution >= 4 is 24.0 Å². The second kappa shape index (κ2) is 10.9. The molecule has 0 saturated carbocycles. The molecule has 1 aromatic carbocycles. The predicted octanol–water partition coefficient (Wildman–Crippen LogP) is 2.30. The molecule has 1 aromatic rings. The number of hydrogen-bond acceptors (Lipinski definition) is 6. The molecule has 1 amide bonds. The SMILES string of the molecule is CC(=O)OC(C)=O.CC(C)(C)OC(=O)N[C@@H](Cc1ccccc1)C(=O)O. The molecule has 0 aromatic heterocycles. The molecule has 2 N–H and O–H groups in total. The van der Waals surface area contributed by atoms with E-state index in [1.807, 2.05) is 30.3 Å². The monoisotopic (exact) mass is 367 g/mol. The van der Waals surface area contributed by atoms with Gasteiger partial charge in [0.05, 0.1) is 0 Å². The first-order valence-electron chi connectivity index (χ1n) is 7.86. The van der Waals surface area contributed by atoms with Crippen LogP contribution in [0, 0.1) is 0 Å². The molecular formula is C18H25NO7. The van der Waals surface area contributed by atoms with Gasteiger partial charge in [0.1, 0.15) is 11.6 Å². The van der Waals surface area contributed by atoms with Gasteiger partial charge in [0, 0.05) is 20.3 Å². The van der Waals surface area contributed by atoms with E-state index in [1.54, 1.807) is 20.8 Å². The maximum atomic E-state index is 11.6. The highest BCUT2D eigenvalue weighted by Gasteiger charge is 2.24. The van der Waals surface area contributed by atoms with E-state index in [1.165, 1.54) is 13.8 Å². The third kappa shape index (κ3) is 12.5. The fourth-order valence-corrected chi connectivity index (χ4v) is 1.70. The number of aliphatic carboxylic acids is 1. The standard InChI is InChI=1S/C14H19NO4.C4H6O3/c1-14(2,3)19-13(18)15-11(12(16)17)9-10-7-5-4-6-8-10;1-3(5)7-4(2)6/h4-8,11H,9H2,1-3H3,(H,15,18)(H,16,17);1-2H3/t11-;/m0./s1. The lowest BCUT2D eigenvalue weighted by Crippen LogP contribution is -2.44. The molecule has 144 valence electrons. The first kappa shape index (κ1) is 23.1. The molecule has 8 nitrogen and oxygen atoms in total. The van der Waals surface area contributed by atoms with Gasteiger partial charge in [0.2, 0.25) is 0 Å². The van der Waals surface area contributed by atoms with Gasteiger partial charge in [-0.2, -0.15) is 0 Å². The summed E-state index contributed by atoms with van der Waals surface area (Å²) in [7, 11) is 0. The first-order valence-corrected chi connectivity index (χ1v) is 7.86. The van der Waals surface area contributed by atoms with Crippen molar-refractivity contribution < 1.29 is 33.8 Å². The number of rotatable bonds is 4. The summed E-state index contributed by atoms with van der Waals surface area (Å²) in [6.07, 6.45) is -0.508. The smallest absolute Gasteiger partial charge is 0.408 e. The third-order valence-electron chi connectivity index (χ3n) is 2.56. The molecule has 1 atom stereocenters. The molecule has 0 heterocycles. The molecule has 1 rings (SSSR count). The summed E-state index contributed by atoms with van der Waals surface area (Å²) < 4.78 is 9.01. The van der Waals surface area contributed by atoms with Gasteiger partial charge >= 0.3 is 24.0 Å². The Labute approximate surface area is 152 Å². The minimum absolute atomic E-state index is 0.218. The Kier molecular flexibility index (Phi) is 9.65. The number of nitrogens with one attached hydrogen (secondary N) is 1. The number of carboxylic acid groups (broad SMARTS) is 1. The van der Waals surface area contributed by atoms with E-state index in [0.29, 0.717) is 0 Å². The van der Waals surface area contributed by atoms with E-state index in [-0.39, 0.29) is 6.42 Å². The number of carboxylic acids is 1. The maximum absolute atomic E-state index is 11.6. The Bertz CT molecular complexity index is 608. The van der Waals surface area contributed by atoms with Gasteiger partial charge in [-0.25, -0.2) is 9.59 Å². The summed E-state index contributed by atoms with van der Waals surface area (Å²) in [5, 5.41) is 11.5. The summed E-state index contributed by atoms with van der Waals surface area (Å²) in [5.41, 5.74) is 0.186. The van der Waals surface area contributed by atoms with E-state index < -0.39 is 35.6 Å². The van der Waals surface area contributed by atoms with Gasteiger partial charge in [0.15, 0.2) is 0 Å². The van der Waals surface area contributed by atoms with Crippen LogP contribution in [0.5, 0.6) is 0 Å². The lowest BCUT2D eigenvalue weighted by molar-refractivity contribution is -0.156. The highest BCUT2D eigenvalue weighted by atomic mass is 16.6. The molecule has 0 bridgehead atoms. The lowest BCUT2D eigenvalue weighted by atomic mass is 10.1. The van der Waals surface area contributed by atoms with Gasteiger partial charge in [-0.05, 0) is 26.3 Å².